The third-order valence-corrected chi connectivity index (χ3v) is 7.86. The van der Waals surface area contributed by atoms with E-state index in [1.165, 1.54) is 0 Å². The van der Waals surface area contributed by atoms with E-state index in [0.29, 0.717) is 29.6 Å². The molecule has 3 fully saturated rings. The molecule has 0 saturated carbocycles. The van der Waals surface area contributed by atoms with Crippen LogP contribution in [0.2, 0.25) is 0 Å². The summed E-state index contributed by atoms with van der Waals surface area (Å²) in [6.07, 6.45) is -8.90. The molecule has 204 valence electrons. The molecule has 0 radical (unpaired) electrons. The van der Waals surface area contributed by atoms with Crippen LogP contribution in [-0.2, 0) is 18.9 Å². The molecule has 0 aliphatic carbocycles. The predicted octanol–water partition coefficient (Wildman–Crippen LogP) is 0.362. The summed E-state index contributed by atoms with van der Waals surface area (Å²) in [5.74, 6) is 2.06. The summed E-state index contributed by atoms with van der Waals surface area (Å²) in [5.41, 5.74) is 1.69. The molecule has 10 atom stereocenters. The van der Waals surface area contributed by atoms with Crippen molar-refractivity contribution in [2.75, 3.05) is 26.8 Å². The Kier molecular flexibility index (Phi) is 6.09. The SMILES string of the molecule is OC[C@H]1O[C@H](O[C@@H]2O[C@H](c3ccc4c(c3)OCO4)[C@@H]3CO[C@@H](c4ccc5c(c4)OCO5)[C@@H]23)[C@H](O)[C@@H](O)[C@@H]1O. The molecular formula is C26H28O12. The largest absolute Gasteiger partial charge is 0.454 e. The van der Waals surface area contributed by atoms with Gasteiger partial charge in [-0.15, -0.1) is 0 Å². The van der Waals surface area contributed by atoms with Crippen molar-refractivity contribution in [2.24, 2.45) is 11.8 Å². The van der Waals surface area contributed by atoms with Crippen molar-refractivity contribution in [3.63, 3.8) is 0 Å². The fraction of sp³-hybridized carbons (Fsp3) is 0.538. The maximum absolute atomic E-state index is 10.6. The second kappa shape index (κ2) is 9.50. The Labute approximate surface area is 217 Å². The molecule has 3 saturated heterocycles. The molecular weight excluding hydrogens is 504 g/mol. The van der Waals surface area contributed by atoms with E-state index in [0.717, 1.165) is 11.1 Å². The van der Waals surface area contributed by atoms with Crippen LogP contribution in [0.4, 0.5) is 0 Å². The summed E-state index contributed by atoms with van der Waals surface area (Å²) >= 11 is 0. The van der Waals surface area contributed by atoms with Crippen LogP contribution in [0.25, 0.3) is 0 Å². The van der Waals surface area contributed by atoms with Crippen LogP contribution < -0.4 is 18.9 Å². The van der Waals surface area contributed by atoms with E-state index in [-0.39, 0.29) is 25.4 Å². The highest BCUT2D eigenvalue weighted by Crippen LogP contribution is 2.55. The first-order valence-electron chi connectivity index (χ1n) is 12.5. The molecule has 2 aromatic carbocycles. The summed E-state index contributed by atoms with van der Waals surface area (Å²) in [7, 11) is 0. The van der Waals surface area contributed by atoms with E-state index in [9.17, 15) is 20.4 Å². The zero-order valence-corrected chi connectivity index (χ0v) is 20.1. The minimum absolute atomic E-state index is 0.138. The molecule has 0 bridgehead atoms. The van der Waals surface area contributed by atoms with E-state index in [4.69, 9.17) is 37.9 Å². The van der Waals surface area contributed by atoms with Crippen molar-refractivity contribution in [1.29, 1.82) is 0 Å². The maximum Gasteiger partial charge on any atom is 0.231 e. The number of hydrogen-bond acceptors (Lipinski definition) is 12. The number of benzene rings is 2. The van der Waals surface area contributed by atoms with Gasteiger partial charge in [-0.05, 0) is 35.4 Å². The summed E-state index contributed by atoms with van der Waals surface area (Å²) in [6, 6.07) is 11.2. The van der Waals surface area contributed by atoms with Gasteiger partial charge in [0.2, 0.25) is 13.6 Å². The minimum Gasteiger partial charge on any atom is -0.454 e. The Hall–Kier alpha value is -2.68. The Morgan fingerprint density at radius 3 is 2.00 bits per heavy atom. The first-order chi connectivity index (χ1) is 18.5. The Morgan fingerprint density at radius 1 is 0.711 bits per heavy atom. The molecule has 4 N–H and O–H groups in total. The molecule has 0 spiro atoms. The quantitative estimate of drug-likeness (QED) is 0.420. The number of aliphatic hydroxyl groups excluding tert-OH is 4. The second-order valence-electron chi connectivity index (χ2n) is 9.98. The van der Waals surface area contributed by atoms with Gasteiger partial charge >= 0.3 is 0 Å². The van der Waals surface area contributed by atoms with Gasteiger partial charge < -0.3 is 58.3 Å². The highest BCUT2D eigenvalue weighted by Gasteiger charge is 2.56. The maximum atomic E-state index is 10.6. The fourth-order valence-corrected chi connectivity index (χ4v) is 5.89. The molecule has 2 aromatic rings. The second-order valence-corrected chi connectivity index (χ2v) is 9.98. The van der Waals surface area contributed by atoms with Crippen molar-refractivity contribution < 1.29 is 58.3 Å². The lowest BCUT2D eigenvalue weighted by molar-refractivity contribution is -0.341. The molecule has 0 amide bonds. The summed E-state index contributed by atoms with van der Waals surface area (Å²) < 4.78 is 46.5. The van der Waals surface area contributed by atoms with E-state index < -0.39 is 55.8 Å². The van der Waals surface area contributed by atoms with Gasteiger partial charge in [-0.25, -0.2) is 0 Å². The fourth-order valence-electron chi connectivity index (χ4n) is 5.89. The van der Waals surface area contributed by atoms with E-state index >= 15 is 0 Å². The Balaban J connectivity index is 1.20. The number of ether oxygens (including phenoxy) is 8. The van der Waals surface area contributed by atoms with Crippen LogP contribution in [0.15, 0.2) is 36.4 Å². The number of rotatable bonds is 5. The summed E-state index contributed by atoms with van der Waals surface area (Å²) in [4.78, 5) is 0. The third kappa shape index (κ3) is 3.91. The van der Waals surface area contributed by atoms with Crippen molar-refractivity contribution in [3.8, 4) is 23.0 Å². The molecule has 5 aliphatic heterocycles. The molecule has 5 heterocycles. The van der Waals surface area contributed by atoms with Crippen molar-refractivity contribution in [3.05, 3.63) is 47.5 Å². The number of aliphatic hydroxyl groups is 4. The lowest BCUT2D eigenvalue weighted by Crippen LogP contribution is -2.60. The average molecular weight is 532 g/mol. The van der Waals surface area contributed by atoms with E-state index in [1.54, 1.807) is 0 Å². The van der Waals surface area contributed by atoms with Gasteiger partial charge in [0, 0.05) is 11.8 Å². The molecule has 5 aliphatic rings. The van der Waals surface area contributed by atoms with Gasteiger partial charge in [0.1, 0.15) is 24.4 Å². The number of hydrogen-bond donors (Lipinski definition) is 4. The van der Waals surface area contributed by atoms with Gasteiger partial charge in [0.15, 0.2) is 35.6 Å². The first kappa shape index (κ1) is 24.4. The topological polar surface area (TPSA) is 155 Å². The van der Waals surface area contributed by atoms with Crippen LogP contribution in [-0.4, -0.2) is 84.2 Å². The van der Waals surface area contributed by atoms with Crippen molar-refractivity contribution in [2.45, 2.75) is 49.2 Å². The lowest BCUT2D eigenvalue weighted by Gasteiger charge is -2.41. The zero-order valence-electron chi connectivity index (χ0n) is 20.1. The molecule has 7 rings (SSSR count). The summed E-state index contributed by atoms with van der Waals surface area (Å²) in [5, 5.41) is 40.7. The molecule has 0 aromatic heterocycles. The van der Waals surface area contributed by atoms with Crippen LogP contribution in [0.1, 0.15) is 23.3 Å². The molecule has 12 nitrogen and oxygen atoms in total. The first-order valence-corrected chi connectivity index (χ1v) is 12.5. The van der Waals surface area contributed by atoms with Crippen LogP contribution in [0, 0.1) is 11.8 Å². The standard InChI is InChI=1S/C26H28O12/c27-7-18-20(28)21(29)22(30)26(36-18)38-25-19-13(23(37-25)11-1-3-14-16(5-11)34-9-32-14)8-31-24(19)12-2-4-15-17(6-12)35-10-33-15/h1-6,13,18-30H,7-10H2/t13-,18-,19+,20-,21+,22-,23-,24+,25+,26-/m1/s1. The highest BCUT2D eigenvalue weighted by molar-refractivity contribution is 5.47. The third-order valence-electron chi connectivity index (χ3n) is 7.86. The smallest absolute Gasteiger partial charge is 0.231 e. The Morgan fingerprint density at radius 2 is 1.34 bits per heavy atom. The van der Waals surface area contributed by atoms with Gasteiger partial charge in [0.05, 0.1) is 25.4 Å². The van der Waals surface area contributed by atoms with Gasteiger partial charge in [0.25, 0.3) is 0 Å². The zero-order chi connectivity index (χ0) is 26.0. The van der Waals surface area contributed by atoms with Crippen molar-refractivity contribution in [1.82, 2.24) is 0 Å². The van der Waals surface area contributed by atoms with Crippen LogP contribution >= 0.6 is 0 Å². The van der Waals surface area contributed by atoms with Crippen LogP contribution in [0.3, 0.4) is 0 Å². The van der Waals surface area contributed by atoms with Gasteiger partial charge in [-0.3, -0.25) is 0 Å². The molecule has 12 heteroatoms. The number of fused-ring (bicyclic) bond motifs is 3. The lowest BCUT2D eigenvalue weighted by atomic mass is 9.84. The molecule has 38 heavy (non-hydrogen) atoms. The highest BCUT2D eigenvalue weighted by atomic mass is 16.8. The predicted molar refractivity (Wildman–Crippen MR) is 123 cm³/mol. The summed E-state index contributed by atoms with van der Waals surface area (Å²) in [6.45, 7) is 0.103. The van der Waals surface area contributed by atoms with E-state index in [1.807, 2.05) is 36.4 Å². The minimum atomic E-state index is -1.57. The van der Waals surface area contributed by atoms with E-state index in [2.05, 4.69) is 0 Å². The van der Waals surface area contributed by atoms with Gasteiger partial charge in [-0.2, -0.15) is 0 Å². The monoisotopic (exact) mass is 532 g/mol. The molecule has 0 unspecified atom stereocenters. The Bertz CT molecular complexity index is 1130. The van der Waals surface area contributed by atoms with Gasteiger partial charge in [-0.1, -0.05) is 12.1 Å². The van der Waals surface area contributed by atoms with Crippen LogP contribution in [0.5, 0.6) is 23.0 Å². The van der Waals surface area contributed by atoms with Crippen molar-refractivity contribution >= 4 is 0 Å². The average Bonchev–Trinajstić information content (AvgIpc) is 3.72. The normalized spacial score (nSPS) is 38.9.